The van der Waals surface area contributed by atoms with E-state index >= 15 is 0 Å². The summed E-state index contributed by atoms with van der Waals surface area (Å²) < 4.78 is 0. The van der Waals surface area contributed by atoms with Crippen molar-refractivity contribution in [3.63, 3.8) is 0 Å². The van der Waals surface area contributed by atoms with Crippen LogP contribution in [0.25, 0.3) is 0 Å². The van der Waals surface area contributed by atoms with E-state index in [4.69, 9.17) is 5.73 Å². The summed E-state index contributed by atoms with van der Waals surface area (Å²) in [6.45, 7) is 2.47. The summed E-state index contributed by atoms with van der Waals surface area (Å²) in [5.74, 6) is 1.25. The van der Waals surface area contributed by atoms with Crippen LogP contribution in [0.3, 0.4) is 0 Å². The number of nitrogens with zero attached hydrogens (tertiary/aromatic N) is 1. The zero-order valence-corrected chi connectivity index (χ0v) is 12.1. The molecule has 1 aromatic rings. The van der Waals surface area contributed by atoms with Crippen LogP contribution in [0, 0.1) is 5.92 Å². The number of carbonyl (C=O) groups excluding carboxylic acids is 1. The van der Waals surface area contributed by atoms with Crippen LogP contribution in [0.15, 0.2) is 24.3 Å². The van der Waals surface area contributed by atoms with Gasteiger partial charge in [0.2, 0.25) is 5.91 Å². The topological polar surface area (TPSA) is 46.3 Å². The summed E-state index contributed by atoms with van der Waals surface area (Å²) in [5, 5.41) is 0. The smallest absolute Gasteiger partial charge is 0.223 e. The van der Waals surface area contributed by atoms with Crippen molar-refractivity contribution in [3.05, 3.63) is 35.4 Å². The van der Waals surface area contributed by atoms with Crippen molar-refractivity contribution in [2.45, 2.75) is 38.0 Å². The average molecular weight is 272 g/mol. The number of aryl methyl sites for hydroxylation is 1. The molecule has 1 fully saturated rings. The number of amides is 1. The minimum atomic E-state index is 0.322. The Morgan fingerprint density at radius 2 is 2.15 bits per heavy atom. The lowest BCUT2D eigenvalue weighted by Gasteiger charge is -2.27. The first-order valence-electron chi connectivity index (χ1n) is 7.83. The molecule has 3 heteroatoms. The van der Waals surface area contributed by atoms with Gasteiger partial charge in [0.25, 0.3) is 0 Å². The molecule has 3 nitrogen and oxygen atoms in total. The van der Waals surface area contributed by atoms with Crippen molar-refractivity contribution in [3.8, 4) is 0 Å². The van der Waals surface area contributed by atoms with Crippen molar-refractivity contribution in [1.82, 2.24) is 4.90 Å². The third kappa shape index (κ3) is 2.73. The molecule has 2 unspecified atom stereocenters. The number of fused-ring (bicyclic) bond motifs is 1. The molecule has 0 bridgehead atoms. The lowest BCUT2D eigenvalue weighted by molar-refractivity contribution is -0.130. The lowest BCUT2D eigenvalue weighted by Crippen LogP contribution is -2.31. The average Bonchev–Trinajstić information content (AvgIpc) is 2.97. The van der Waals surface area contributed by atoms with Crippen LogP contribution >= 0.6 is 0 Å². The SMILES string of the molecule is NCC1CCN(C(=O)CC2CCCc3ccccc32)C1. The van der Waals surface area contributed by atoms with Crippen LogP contribution in [0.2, 0.25) is 0 Å². The molecule has 0 radical (unpaired) electrons. The van der Waals surface area contributed by atoms with E-state index in [1.54, 1.807) is 0 Å². The van der Waals surface area contributed by atoms with Gasteiger partial charge < -0.3 is 10.6 Å². The Kier molecular flexibility index (Phi) is 4.06. The third-order valence-electron chi connectivity index (χ3n) is 4.89. The summed E-state index contributed by atoms with van der Waals surface area (Å²) >= 11 is 0. The largest absolute Gasteiger partial charge is 0.342 e. The van der Waals surface area contributed by atoms with Crippen LogP contribution < -0.4 is 5.73 Å². The van der Waals surface area contributed by atoms with E-state index in [2.05, 4.69) is 24.3 Å². The first kappa shape index (κ1) is 13.6. The number of hydrogen-bond donors (Lipinski definition) is 1. The summed E-state index contributed by atoms with van der Waals surface area (Å²) in [4.78, 5) is 14.5. The van der Waals surface area contributed by atoms with Gasteiger partial charge in [-0.25, -0.2) is 0 Å². The number of carbonyl (C=O) groups is 1. The van der Waals surface area contributed by atoms with Gasteiger partial charge in [-0.1, -0.05) is 24.3 Å². The van der Waals surface area contributed by atoms with Crippen molar-refractivity contribution < 1.29 is 4.79 Å². The van der Waals surface area contributed by atoms with E-state index in [9.17, 15) is 4.79 Å². The van der Waals surface area contributed by atoms with Gasteiger partial charge in [0.05, 0.1) is 0 Å². The molecule has 1 aromatic carbocycles. The minimum absolute atomic E-state index is 0.322. The van der Waals surface area contributed by atoms with Crippen molar-refractivity contribution >= 4 is 5.91 Å². The Balaban J connectivity index is 1.65. The monoisotopic (exact) mass is 272 g/mol. The number of nitrogens with two attached hydrogens (primary N) is 1. The highest BCUT2D eigenvalue weighted by molar-refractivity contribution is 5.77. The highest BCUT2D eigenvalue weighted by atomic mass is 16.2. The Bertz CT molecular complexity index is 486. The molecule has 20 heavy (non-hydrogen) atoms. The molecule has 1 saturated heterocycles. The van der Waals surface area contributed by atoms with Crippen LogP contribution in [-0.2, 0) is 11.2 Å². The Morgan fingerprint density at radius 1 is 1.30 bits per heavy atom. The molecule has 0 aromatic heterocycles. The maximum Gasteiger partial charge on any atom is 0.223 e. The number of hydrogen-bond acceptors (Lipinski definition) is 2. The molecule has 1 amide bonds. The molecule has 0 spiro atoms. The van der Waals surface area contributed by atoms with Gasteiger partial charge in [-0.05, 0) is 55.2 Å². The summed E-state index contributed by atoms with van der Waals surface area (Å²) in [6, 6.07) is 8.63. The van der Waals surface area contributed by atoms with E-state index in [0.717, 1.165) is 25.9 Å². The van der Waals surface area contributed by atoms with Gasteiger partial charge in [-0.2, -0.15) is 0 Å². The first-order valence-corrected chi connectivity index (χ1v) is 7.83. The van der Waals surface area contributed by atoms with Gasteiger partial charge in [-0.15, -0.1) is 0 Å². The van der Waals surface area contributed by atoms with Gasteiger partial charge in [0.1, 0.15) is 0 Å². The fraction of sp³-hybridized carbons (Fsp3) is 0.588. The molecular weight excluding hydrogens is 248 g/mol. The Labute approximate surface area is 121 Å². The highest BCUT2D eigenvalue weighted by Gasteiger charge is 2.28. The predicted molar refractivity (Wildman–Crippen MR) is 80.5 cm³/mol. The van der Waals surface area contributed by atoms with Gasteiger partial charge in [0, 0.05) is 19.5 Å². The van der Waals surface area contributed by atoms with Crippen molar-refractivity contribution in [2.24, 2.45) is 11.7 Å². The fourth-order valence-corrected chi connectivity index (χ4v) is 3.66. The van der Waals surface area contributed by atoms with Gasteiger partial charge >= 0.3 is 0 Å². The van der Waals surface area contributed by atoms with E-state index in [-0.39, 0.29) is 0 Å². The van der Waals surface area contributed by atoms with E-state index < -0.39 is 0 Å². The van der Waals surface area contributed by atoms with E-state index in [1.807, 2.05) is 4.90 Å². The first-order chi connectivity index (χ1) is 9.78. The van der Waals surface area contributed by atoms with Gasteiger partial charge in [-0.3, -0.25) is 4.79 Å². The molecule has 2 aliphatic rings. The normalized spacial score (nSPS) is 25.6. The van der Waals surface area contributed by atoms with Crippen LogP contribution in [0.1, 0.15) is 42.7 Å². The van der Waals surface area contributed by atoms with E-state index in [0.29, 0.717) is 30.7 Å². The summed E-state index contributed by atoms with van der Waals surface area (Å²) in [5.41, 5.74) is 8.55. The third-order valence-corrected chi connectivity index (χ3v) is 4.89. The molecule has 1 aliphatic heterocycles. The molecule has 1 aliphatic carbocycles. The highest BCUT2D eigenvalue weighted by Crippen LogP contribution is 2.34. The number of rotatable bonds is 3. The molecular formula is C17H24N2O. The Hall–Kier alpha value is -1.35. The Morgan fingerprint density at radius 3 is 2.95 bits per heavy atom. The zero-order valence-electron chi connectivity index (χ0n) is 12.1. The molecule has 108 valence electrons. The van der Waals surface area contributed by atoms with E-state index in [1.165, 1.54) is 24.0 Å². The second-order valence-corrected chi connectivity index (χ2v) is 6.22. The second kappa shape index (κ2) is 5.96. The molecule has 2 N–H and O–H groups in total. The number of likely N-dealkylation sites (tertiary alicyclic amines) is 1. The maximum atomic E-state index is 12.5. The van der Waals surface area contributed by atoms with Gasteiger partial charge in [0.15, 0.2) is 0 Å². The summed E-state index contributed by atoms with van der Waals surface area (Å²) in [7, 11) is 0. The van der Waals surface area contributed by atoms with Crippen molar-refractivity contribution in [1.29, 1.82) is 0 Å². The molecule has 3 rings (SSSR count). The lowest BCUT2D eigenvalue weighted by atomic mass is 9.81. The second-order valence-electron chi connectivity index (χ2n) is 6.22. The summed E-state index contributed by atoms with van der Waals surface area (Å²) in [6.07, 6.45) is 5.27. The number of benzene rings is 1. The molecule has 2 atom stereocenters. The quantitative estimate of drug-likeness (QED) is 0.917. The predicted octanol–water partition coefficient (Wildman–Crippen LogP) is 2.30. The van der Waals surface area contributed by atoms with Crippen molar-refractivity contribution in [2.75, 3.05) is 19.6 Å². The maximum absolute atomic E-state index is 12.5. The molecule has 0 saturated carbocycles. The van der Waals surface area contributed by atoms with Crippen LogP contribution in [0.5, 0.6) is 0 Å². The van der Waals surface area contributed by atoms with Crippen LogP contribution in [0.4, 0.5) is 0 Å². The zero-order chi connectivity index (χ0) is 13.9. The minimum Gasteiger partial charge on any atom is -0.342 e. The standard InChI is InChI=1S/C17H24N2O/c18-11-13-8-9-19(12-13)17(20)10-15-6-3-5-14-4-1-2-7-16(14)15/h1-2,4,7,13,15H,3,5-6,8-12,18H2. The molecule has 1 heterocycles. The van der Waals surface area contributed by atoms with Crippen LogP contribution in [-0.4, -0.2) is 30.4 Å². The fourth-order valence-electron chi connectivity index (χ4n) is 3.66.